The van der Waals surface area contributed by atoms with Gasteiger partial charge in [0.05, 0.1) is 5.69 Å². The Morgan fingerprint density at radius 1 is 0.810 bits per heavy atom. The number of aromatic nitrogens is 2. The van der Waals surface area contributed by atoms with E-state index in [0.29, 0.717) is 5.88 Å². The fourth-order valence-electron chi connectivity index (χ4n) is 1.81. The van der Waals surface area contributed by atoms with Gasteiger partial charge in [0.1, 0.15) is 11.6 Å². The van der Waals surface area contributed by atoms with Crippen LogP contribution >= 0.6 is 0 Å². The van der Waals surface area contributed by atoms with Crippen LogP contribution in [-0.2, 0) is 10.8 Å². The van der Waals surface area contributed by atoms with E-state index in [2.05, 4.69) is 46.5 Å². The van der Waals surface area contributed by atoms with Gasteiger partial charge in [0, 0.05) is 16.9 Å². The van der Waals surface area contributed by atoms with Crippen molar-refractivity contribution in [2.24, 2.45) is 0 Å². The van der Waals surface area contributed by atoms with E-state index in [9.17, 15) is 0 Å². The molecular weight excluding hydrogens is 260 g/mol. The third-order valence-corrected chi connectivity index (χ3v) is 3.11. The quantitative estimate of drug-likeness (QED) is 0.789. The normalized spacial score (nSPS) is 12.3. The highest BCUT2D eigenvalue weighted by atomic mass is 16.5. The van der Waals surface area contributed by atoms with Gasteiger partial charge in [0.15, 0.2) is 0 Å². The molecule has 3 nitrogen and oxygen atoms in total. The van der Waals surface area contributed by atoms with Crippen molar-refractivity contribution in [1.82, 2.24) is 9.97 Å². The van der Waals surface area contributed by atoms with Gasteiger partial charge in [-0.15, -0.1) is 0 Å². The van der Waals surface area contributed by atoms with Crippen molar-refractivity contribution in [2.75, 3.05) is 0 Å². The number of nitrogens with zero attached hydrogens (tertiary/aromatic N) is 2. The number of hydrogen-bond acceptors (Lipinski definition) is 3. The highest BCUT2D eigenvalue weighted by molar-refractivity contribution is 5.30. The summed E-state index contributed by atoms with van der Waals surface area (Å²) in [7, 11) is 0. The summed E-state index contributed by atoms with van der Waals surface area (Å²) in [5, 5.41) is 0. The molecule has 2 rings (SSSR count). The summed E-state index contributed by atoms with van der Waals surface area (Å²) in [5.41, 5.74) is 0.835. The van der Waals surface area contributed by atoms with Crippen molar-refractivity contribution in [1.29, 1.82) is 0 Å². The molecule has 1 aromatic heterocycles. The van der Waals surface area contributed by atoms with Gasteiger partial charge in [-0.2, -0.15) is 4.98 Å². The van der Waals surface area contributed by atoms with Crippen LogP contribution < -0.4 is 4.74 Å². The van der Waals surface area contributed by atoms with Gasteiger partial charge in [-0.1, -0.05) is 59.7 Å². The van der Waals surface area contributed by atoms with Crippen LogP contribution in [0.3, 0.4) is 0 Å². The molecule has 0 N–H and O–H groups in total. The zero-order valence-corrected chi connectivity index (χ0v) is 13.8. The van der Waals surface area contributed by atoms with Gasteiger partial charge < -0.3 is 4.74 Å². The molecule has 0 aliphatic rings. The second-order valence-electron chi connectivity index (χ2n) is 7.33. The summed E-state index contributed by atoms with van der Waals surface area (Å²) < 4.78 is 5.90. The van der Waals surface area contributed by atoms with Gasteiger partial charge >= 0.3 is 0 Å². The summed E-state index contributed by atoms with van der Waals surface area (Å²) >= 11 is 0. The molecule has 112 valence electrons. The molecule has 0 atom stereocenters. The van der Waals surface area contributed by atoms with Gasteiger partial charge in [-0.25, -0.2) is 4.98 Å². The van der Waals surface area contributed by atoms with Crippen LogP contribution in [0.1, 0.15) is 53.1 Å². The van der Waals surface area contributed by atoms with E-state index >= 15 is 0 Å². The molecule has 0 aliphatic heterocycles. The molecular formula is C18H24N2O. The van der Waals surface area contributed by atoms with E-state index < -0.39 is 0 Å². The van der Waals surface area contributed by atoms with Crippen LogP contribution in [0, 0.1) is 0 Å². The summed E-state index contributed by atoms with van der Waals surface area (Å²) in [6, 6.07) is 11.7. The Morgan fingerprint density at radius 3 is 1.95 bits per heavy atom. The summed E-state index contributed by atoms with van der Waals surface area (Å²) in [6.07, 6.45) is 0. The molecule has 3 heteroatoms. The summed E-state index contributed by atoms with van der Waals surface area (Å²) in [6.45, 7) is 12.8. The average molecular weight is 284 g/mol. The van der Waals surface area contributed by atoms with Crippen LogP contribution in [-0.4, -0.2) is 9.97 Å². The number of hydrogen-bond donors (Lipinski definition) is 0. The topological polar surface area (TPSA) is 35.0 Å². The molecule has 0 radical (unpaired) electrons. The molecule has 0 saturated carbocycles. The number of ether oxygens (including phenoxy) is 1. The maximum atomic E-state index is 5.90. The third kappa shape index (κ3) is 4.03. The number of rotatable bonds is 2. The lowest BCUT2D eigenvalue weighted by molar-refractivity contribution is 0.435. The van der Waals surface area contributed by atoms with E-state index in [4.69, 9.17) is 9.72 Å². The Morgan fingerprint density at radius 2 is 1.43 bits per heavy atom. The Kier molecular flexibility index (Phi) is 4.04. The SMILES string of the molecule is CC(C)(C)c1cc(Oc2ccccc2)nc(C(C)(C)C)n1. The second-order valence-corrected chi connectivity index (χ2v) is 7.33. The lowest BCUT2D eigenvalue weighted by atomic mass is 9.90. The predicted molar refractivity (Wildman–Crippen MR) is 85.9 cm³/mol. The zero-order chi connectivity index (χ0) is 15.7. The Hall–Kier alpha value is -1.90. The van der Waals surface area contributed by atoms with Crippen molar-refractivity contribution in [3.63, 3.8) is 0 Å². The molecule has 0 saturated heterocycles. The average Bonchev–Trinajstić information content (AvgIpc) is 2.37. The standard InChI is InChI=1S/C18H24N2O/c1-17(2,3)14-12-15(20-16(19-14)18(4,5)6)21-13-10-8-7-9-11-13/h7-12H,1-6H3. The lowest BCUT2D eigenvalue weighted by Crippen LogP contribution is -2.21. The van der Waals surface area contributed by atoms with Crippen molar-refractivity contribution in [2.45, 2.75) is 52.4 Å². The fourth-order valence-corrected chi connectivity index (χ4v) is 1.81. The maximum Gasteiger partial charge on any atom is 0.222 e. The molecule has 1 heterocycles. The first-order valence-electron chi connectivity index (χ1n) is 7.29. The molecule has 0 unspecified atom stereocenters. The molecule has 0 amide bonds. The van der Waals surface area contributed by atoms with Crippen LogP contribution in [0.2, 0.25) is 0 Å². The molecule has 21 heavy (non-hydrogen) atoms. The van der Waals surface area contributed by atoms with E-state index in [1.807, 2.05) is 36.4 Å². The predicted octanol–water partition coefficient (Wildman–Crippen LogP) is 4.86. The first-order valence-corrected chi connectivity index (χ1v) is 7.29. The largest absolute Gasteiger partial charge is 0.439 e. The monoisotopic (exact) mass is 284 g/mol. The van der Waals surface area contributed by atoms with Crippen molar-refractivity contribution in [3.05, 3.63) is 47.9 Å². The van der Waals surface area contributed by atoms with Crippen molar-refractivity contribution in [3.8, 4) is 11.6 Å². The zero-order valence-electron chi connectivity index (χ0n) is 13.8. The minimum absolute atomic E-state index is 0.0439. The van der Waals surface area contributed by atoms with Gasteiger partial charge in [0.25, 0.3) is 0 Å². The lowest BCUT2D eigenvalue weighted by Gasteiger charge is -2.23. The first kappa shape index (κ1) is 15.5. The van der Waals surface area contributed by atoms with Crippen molar-refractivity contribution >= 4 is 0 Å². The smallest absolute Gasteiger partial charge is 0.222 e. The molecule has 1 aromatic carbocycles. The van der Waals surface area contributed by atoms with Gasteiger partial charge in [0.2, 0.25) is 5.88 Å². The fraction of sp³-hybridized carbons (Fsp3) is 0.444. The van der Waals surface area contributed by atoms with Crippen LogP contribution in [0.25, 0.3) is 0 Å². The highest BCUT2D eigenvalue weighted by Gasteiger charge is 2.24. The minimum Gasteiger partial charge on any atom is -0.439 e. The highest BCUT2D eigenvalue weighted by Crippen LogP contribution is 2.29. The summed E-state index contributed by atoms with van der Waals surface area (Å²) in [4.78, 5) is 9.31. The van der Waals surface area contributed by atoms with E-state index in [0.717, 1.165) is 17.3 Å². The molecule has 0 fully saturated rings. The maximum absolute atomic E-state index is 5.90. The van der Waals surface area contributed by atoms with E-state index in [1.54, 1.807) is 0 Å². The molecule has 0 aliphatic carbocycles. The van der Waals surface area contributed by atoms with Gasteiger partial charge in [-0.3, -0.25) is 0 Å². The Balaban J connectivity index is 2.45. The van der Waals surface area contributed by atoms with E-state index in [1.165, 1.54) is 0 Å². The molecule has 0 bridgehead atoms. The van der Waals surface area contributed by atoms with Crippen LogP contribution in [0.15, 0.2) is 36.4 Å². The second kappa shape index (κ2) is 5.47. The number of para-hydroxylation sites is 1. The summed E-state index contributed by atoms with van der Waals surface area (Å²) in [5.74, 6) is 2.20. The molecule has 2 aromatic rings. The van der Waals surface area contributed by atoms with Crippen LogP contribution in [0.5, 0.6) is 11.6 Å². The number of benzene rings is 1. The molecule has 0 spiro atoms. The Bertz CT molecular complexity index is 575. The van der Waals surface area contributed by atoms with Crippen LogP contribution in [0.4, 0.5) is 0 Å². The Labute approximate surface area is 127 Å². The third-order valence-electron chi connectivity index (χ3n) is 3.11. The first-order chi connectivity index (χ1) is 9.66. The minimum atomic E-state index is -0.115. The van der Waals surface area contributed by atoms with Gasteiger partial charge in [-0.05, 0) is 12.1 Å². The van der Waals surface area contributed by atoms with E-state index in [-0.39, 0.29) is 10.8 Å². The van der Waals surface area contributed by atoms with Crippen molar-refractivity contribution < 1.29 is 4.74 Å².